The van der Waals surface area contributed by atoms with Gasteiger partial charge < -0.3 is 0 Å². The molecule has 0 N–H and O–H groups in total. The van der Waals surface area contributed by atoms with E-state index in [0.29, 0.717) is 10.9 Å². The number of nitrogens with zero attached hydrogens (tertiary/aromatic N) is 3. The van der Waals surface area contributed by atoms with E-state index in [2.05, 4.69) is 23.0 Å². The highest BCUT2D eigenvalue weighted by Crippen LogP contribution is 2.26. The zero-order valence-corrected chi connectivity index (χ0v) is 11.0. The lowest BCUT2D eigenvalue weighted by molar-refractivity contribution is 0.544. The average Bonchev–Trinajstić information content (AvgIpc) is 2.48. The van der Waals surface area contributed by atoms with Crippen molar-refractivity contribution in [2.75, 3.05) is 0 Å². The molecule has 2 aromatic rings. The van der Waals surface area contributed by atoms with Gasteiger partial charge in [0, 0.05) is 6.20 Å². The van der Waals surface area contributed by atoms with Gasteiger partial charge in [-0.2, -0.15) is 0 Å². The summed E-state index contributed by atoms with van der Waals surface area (Å²) in [5.41, 5.74) is 2.03. The van der Waals surface area contributed by atoms with Crippen LogP contribution < -0.4 is 5.56 Å². The smallest absolute Gasteiger partial charge is 0.261 e. The molecule has 0 spiro atoms. The highest BCUT2D eigenvalue weighted by molar-refractivity contribution is 5.75. The summed E-state index contributed by atoms with van der Waals surface area (Å²) in [4.78, 5) is 20.8. The van der Waals surface area contributed by atoms with Crippen LogP contribution in [0.5, 0.6) is 0 Å². The zero-order chi connectivity index (χ0) is 13.2. The first kappa shape index (κ1) is 12.1. The van der Waals surface area contributed by atoms with Gasteiger partial charge in [-0.15, -0.1) is 0 Å². The Morgan fingerprint density at radius 1 is 1.37 bits per heavy atom. The van der Waals surface area contributed by atoms with E-state index in [1.54, 1.807) is 29.4 Å². The van der Waals surface area contributed by atoms with E-state index in [1.807, 2.05) is 0 Å². The van der Waals surface area contributed by atoms with Crippen molar-refractivity contribution in [3.05, 3.63) is 46.8 Å². The van der Waals surface area contributed by atoms with Gasteiger partial charge in [0.15, 0.2) is 0 Å². The van der Waals surface area contributed by atoms with Crippen LogP contribution in [0.1, 0.15) is 38.6 Å². The summed E-state index contributed by atoms with van der Waals surface area (Å²) >= 11 is 0. The third-order valence-electron chi connectivity index (χ3n) is 3.87. The second-order valence-corrected chi connectivity index (χ2v) is 5.05. The molecule has 19 heavy (non-hydrogen) atoms. The molecule has 98 valence electrons. The zero-order valence-electron chi connectivity index (χ0n) is 11.0. The number of hydrogen-bond acceptors (Lipinski definition) is 3. The Labute approximate surface area is 111 Å². The molecule has 2 heterocycles. The molecule has 0 saturated heterocycles. The van der Waals surface area contributed by atoms with Crippen LogP contribution in [-0.2, 0) is 0 Å². The van der Waals surface area contributed by atoms with Crippen molar-refractivity contribution in [1.29, 1.82) is 0 Å². The Morgan fingerprint density at radius 2 is 2.26 bits per heavy atom. The number of pyridine rings is 1. The maximum atomic E-state index is 12.5. The first-order valence-electron chi connectivity index (χ1n) is 6.77. The number of aromatic nitrogens is 3. The molecule has 0 radical (unpaired) electrons. The predicted molar refractivity (Wildman–Crippen MR) is 75.1 cm³/mol. The topological polar surface area (TPSA) is 47.8 Å². The second-order valence-electron chi connectivity index (χ2n) is 5.05. The molecule has 0 bridgehead atoms. The minimum Gasteiger partial charge on any atom is -0.292 e. The fourth-order valence-electron chi connectivity index (χ4n) is 2.68. The molecule has 1 aliphatic rings. The Bertz CT molecular complexity index is 687. The summed E-state index contributed by atoms with van der Waals surface area (Å²) in [6.07, 6.45) is 11.9. The van der Waals surface area contributed by atoms with Gasteiger partial charge in [-0.05, 0) is 38.7 Å². The van der Waals surface area contributed by atoms with Crippen LogP contribution in [0, 0.1) is 0 Å². The minimum absolute atomic E-state index is 0.0198. The molecule has 1 aliphatic carbocycles. The van der Waals surface area contributed by atoms with Gasteiger partial charge >= 0.3 is 0 Å². The molecule has 4 nitrogen and oxygen atoms in total. The lowest BCUT2D eigenvalue weighted by atomic mass is 9.94. The third kappa shape index (κ3) is 2.18. The Kier molecular flexibility index (Phi) is 3.15. The summed E-state index contributed by atoms with van der Waals surface area (Å²) in [5.74, 6) is 0. The lowest BCUT2D eigenvalue weighted by Crippen LogP contribution is -2.25. The molecule has 0 amide bonds. The number of fused-ring (bicyclic) bond motifs is 1. The van der Waals surface area contributed by atoms with Crippen molar-refractivity contribution < 1.29 is 0 Å². The maximum absolute atomic E-state index is 12.5. The largest absolute Gasteiger partial charge is 0.292 e. The summed E-state index contributed by atoms with van der Waals surface area (Å²) in [6.45, 7) is 2.08. The van der Waals surface area contributed by atoms with E-state index in [1.165, 1.54) is 18.4 Å². The van der Waals surface area contributed by atoms with E-state index in [4.69, 9.17) is 0 Å². The average molecular weight is 255 g/mol. The molecule has 0 unspecified atom stereocenters. The fourth-order valence-corrected chi connectivity index (χ4v) is 2.68. The van der Waals surface area contributed by atoms with E-state index < -0.39 is 0 Å². The fraction of sp³-hybridized carbons (Fsp3) is 0.400. The first-order valence-corrected chi connectivity index (χ1v) is 6.77. The molecule has 1 atom stereocenters. The van der Waals surface area contributed by atoms with E-state index in [9.17, 15) is 4.79 Å². The molecule has 3 rings (SSSR count). The van der Waals surface area contributed by atoms with Gasteiger partial charge in [0.1, 0.15) is 0 Å². The molecule has 2 aromatic heterocycles. The normalized spacial score (nSPS) is 17.2. The summed E-state index contributed by atoms with van der Waals surface area (Å²) in [5, 5.41) is 0.640. The molecule has 0 aromatic carbocycles. The minimum atomic E-state index is 0.0198. The van der Waals surface area contributed by atoms with Gasteiger partial charge in [0.2, 0.25) is 0 Å². The predicted octanol–water partition coefficient (Wildman–Crippen LogP) is 2.85. The second kappa shape index (κ2) is 4.96. The van der Waals surface area contributed by atoms with Gasteiger partial charge in [-0.3, -0.25) is 14.3 Å². The third-order valence-corrected chi connectivity index (χ3v) is 3.87. The Morgan fingerprint density at radius 3 is 3.05 bits per heavy atom. The van der Waals surface area contributed by atoms with E-state index >= 15 is 0 Å². The summed E-state index contributed by atoms with van der Waals surface area (Å²) < 4.78 is 1.74. The quantitative estimate of drug-likeness (QED) is 0.775. The number of rotatable bonds is 2. The van der Waals surface area contributed by atoms with Crippen molar-refractivity contribution in [3.63, 3.8) is 0 Å². The van der Waals surface area contributed by atoms with Crippen molar-refractivity contribution in [2.24, 2.45) is 0 Å². The van der Waals surface area contributed by atoms with E-state index in [-0.39, 0.29) is 11.6 Å². The number of hydrogen-bond donors (Lipinski definition) is 0. The molecule has 0 fully saturated rings. The Balaban J connectivity index is 2.08. The van der Waals surface area contributed by atoms with Crippen LogP contribution in [0.25, 0.3) is 10.9 Å². The van der Waals surface area contributed by atoms with Gasteiger partial charge in [0.05, 0.1) is 29.5 Å². The van der Waals surface area contributed by atoms with Crippen LogP contribution in [-0.4, -0.2) is 14.5 Å². The lowest BCUT2D eigenvalue weighted by Gasteiger charge is -2.21. The first-order chi connectivity index (χ1) is 9.27. The standard InChI is InChI=1S/C15H17N3O/c1-11(12-5-3-2-4-6-12)18-10-17-14-9-16-8-7-13(14)15(18)19/h5,7-11H,2-4,6H2,1H3/t11-/m1/s1. The summed E-state index contributed by atoms with van der Waals surface area (Å²) in [7, 11) is 0. The van der Waals surface area contributed by atoms with Crippen molar-refractivity contribution >= 4 is 10.9 Å². The van der Waals surface area contributed by atoms with Gasteiger partial charge in [-0.1, -0.05) is 11.6 Å². The van der Waals surface area contributed by atoms with Crippen molar-refractivity contribution in [3.8, 4) is 0 Å². The SMILES string of the molecule is C[C@H](C1=CCCCC1)n1cnc2cnccc2c1=O. The molecular formula is C15H17N3O. The highest BCUT2D eigenvalue weighted by atomic mass is 16.1. The van der Waals surface area contributed by atoms with Crippen LogP contribution >= 0.6 is 0 Å². The van der Waals surface area contributed by atoms with Crippen LogP contribution in [0.3, 0.4) is 0 Å². The Hall–Kier alpha value is -1.97. The van der Waals surface area contributed by atoms with Crippen molar-refractivity contribution in [1.82, 2.24) is 14.5 Å². The molecular weight excluding hydrogens is 238 g/mol. The van der Waals surface area contributed by atoms with E-state index in [0.717, 1.165) is 12.8 Å². The highest BCUT2D eigenvalue weighted by Gasteiger charge is 2.15. The molecule has 4 heteroatoms. The maximum Gasteiger partial charge on any atom is 0.261 e. The van der Waals surface area contributed by atoms with Crippen LogP contribution in [0.2, 0.25) is 0 Å². The number of allylic oxidation sites excluding steroid dienone is 2. The summed E-state index contributed by atoms with van der Waals surface area (Å²) in [6, 6.07) is 1.83. The molecule has 0 saturated carbocycles. The van der Waals surface area contributed by atoms with Crippen LogP contribution in [0.15, 0.2) is 41.2 Å². The monoisotopic (exact) mass is 255 g/mol. The van der Waals surface area contributed by atoms with Crippen molar-refractivity contribution in [2.45, 2.75) is 38.6 Å². The van der Waals surface area contributed by atoms with Gasteiger partial charge in [-0.25, -0.2) is 4.98 Å². The van der Waals surface area contributed by atoms with Crippen LogP contribution in [0.4, 0.5) is 0 Å². The molecule has 0 aliphatic heterocycles. The van der Waals surface area contributed by atoms with Gasteiger partial charge in [0.25, 0.3) is 5.56 Å².